The molecule has 0 aliphatic carbocycles. The Bertz CT molecular complexity index is 887. The maximum absolute atomic E-state index is 11.6. The molecule has 0 atom stereocenters. The summed E-state index contributed by atoms with van der Waals surface area (Å²) in [6.07, 6.45) is 10.5. The minimum Gasteiger partial charge on any atom is -0.478 e. The monoisotopic (exact) mass is 380 g/mol. The maximum atomic E-state index is 11.6. The molecule has 0 bridgehead atoms. The summed E-state index contributed by atoms with van der Waals surface area (Å²) in [4.78, 5) is 23.0. The fourth-order valence-electron chi connectivity index (χ4n) is 3.36. The van der Waals surface area contributed by atoms with Crippen molar-refractivity contribution in [3.63, 3.8) is 0 Å². The summed E-state index contributed by atoms with van der Waals surface area (Å²) in [5, 5.41) is 19.9. The third kappa shape index (κ3) is 5.85. The Morgan fingerprint density at radius 1 is 0.786 bits per heavy atom. The summed E-state index contributed by atoms with van der Waals surface area (Å²) >= 11 is 0. The Morgan fingerprint density at radius 2 is 1.43 bits per heavy atom. The molecular formula is C24H28O4. The lowest BCUT2D eigenvalue weighted by Gasteiger charge is -2.07. The first-order valence-corrected chi connectivity index (χ1v) is 10.1. The lowest BCUT2D eigenvalue weighted by Crippen LogP contribution is -2.03. The lowest BCUT2D eigenvalue weighted by molar-refractivity contribution is 0.0688. The maximum Gasteiger partial charge on any atom is 0.336 e. The van der Waals surface area contributed by atoms with Crippen molar-refractivity contribution in [1.82, 2.24) is 0 Å². The van der Waals surface area contributed by atoms with Crippen molar-refractivity contribution in [1.29, 1.82) is 0 Å². The molecule has 0 amide bonds. The van der Waals surface area contributed by atoms with Crippen LogP contribution in [0.25, 0.3) is 10.8 Å². The van der Waals surface area contributed by atoms with Crippen LogP contribution >= 0.6 is 0 Å². The number of unbranched alkanes of at least 4 members (excludes halogenated alkanes) is 8. The van der Waals surface area contributed by atoms with E-state index in [9.17, 15) is 19.8 Å². The number of hydrogen-bond donors (Lipinski definition) is 2. The van der Waals surface area contributed by atoms with Gasteiger partial charge in [0.15, 0.2) is 0 Å². The van der Waals surface area contributed by atoms with Crippen LogP contribution in [0.2, 0.25) is 0 Å². The van der Waals surface area contributed by atoms with Gasteiger partial charge < -0.3 is 10.2 Å². The zero-order valence-corrected chi connectivity index (χ0v) is 16.5. The van der Waals surface area contributed by atoms with Crippen LogP contribution in [0.15, 0.2) is 30.3 Å². The number of benzene rings is 2. The third-order valence-electron chi connectivity index (χ3n) is 4.89. The minimum absolute atomic E-state index is 0.110. The van der Waals surface area contributed by atoms with Gasteiger partial charge >= 0.3 is 11.9 Å². The van der Waals surface area contributed by atoms with Crippen LogP contribution in [0.3, 0.4) is 0 Å². The van der Waals surface area contributed by atoms with Crippen molar-refractivity contribution in [2.45, 2.75) is 64.7 Å². The van der Waals surface area contributed by atoms with Crippen LogP contribution < -0.4 is 0 Å². The highest BCUT2D eigenvalue weighted by Crippen LogP contribution is 2.25. The molecule has 0 aromatic heterocycles. The van der Waals surface area contributed by atoms with Gasteiger partial charge in [-0.1, -0.05) is 81.9 Å². The van der Waals surface area contributed by atoms with Crippen molar-refractivity contribution in [3.05, 3.63) is 47.0 Å². The summed E-state index contributed by atoms with van der Waals surface area (Å²) in [7, 11) is 0. The Labute approximate surface area is 166 Å². The van der Waals surface area contributed by atoms with E-state index in [0.717, 1.165) is 12.8 Å². The predicted octanol–water partition coefficient (Wildman–Crippen LogP) is 6.12. The quantitative estimate of drug-likeness (QED) is 0.385. The molecule has 0 radical (unpaired) electrons. The SMILES string of the molecule is CCCCCCCCCCC#Cc1c(C(=O)O)ccc2c(C(=O)O)cccc12. The van der Waals surface area contributed by atoms with Crippen LogP contribution in [0.4, 0.5) is 0 Å². The number of aromatic carboxylic acids is 2. The van der Waals surface area contributed by atoms with E-state index in [0.29, 0.717) is 22.8 Å². The van der Waals surface area contributed by atoms with Crippen molar-refractivity contribution in [3.8, 4) is 11.8 Å². The topological polar surface area (TPSA) is 74.6 Å². The zero-order chi connectivity index (χ0) is 20.4. The summed E-state index contributed by atoms with van der Waals surface area (Å²) in [5.74, 6) is 3.99. The summed E-state index contributed by atoms with van der Waals surface area (Å²) in [6, 6.07) is 7.86. The van der Waals surface area contributed by atoms with Gasteiger partial charge in [0.1, 0.15) is 0 Å². The molecular weight excluding hydrogens is 352 g/mol. The van der Waals surface area contributed by atoms with Gasteiger partial charge in [-0.15, -0.1) is 0 Å². The third-order valence-corrected chi connectivity index (χ3v) is 4.89. The first-order chi connectivity index (χ1) is 13.6. The fourth-order valence-corrected chi connectivity index (χ4v) is 3.36. The van der Waals surface area contributed by atoms with Gasteiger partial charge in [0.25, 0.3) is 0 Å². The number of fused-ring (bicyclic) bond motifs is 1. The van der Waals surface area contributed by atoms with Crippen LogP contribution in [-0.2, 0) is 0 Å². The van der Waals surface area contributed by atoms with Gasteiger partial charge in [-0.3, -0.25) is 0 Å². The molecule has 0 heterocycles. The standard InChI is InChI=1S/C24H28O4/c1-2-3-4-5-6-7-8-9-10-11-13-19-18-14-12-15-21(23(25)26)20(18)16-17-22(19)24(27)28/h12,14-17H,2-10H2,1H3,(H,25,26)(H,27,28). The van der Waals surface area contributed by atoms with Gasteiger partial charge in [0.2, 0.25) is 0 Å². The van der Waals surface area contributed by atoms with Crippen molar-refractivity contribution < 1.29 is 19.8 Å². The number of hydrogen-bond acceptors (Lipinski definition) is 2. The molecule has 2 aromatic carbocycles. The molecule has 0 fully saturated rings. The number of carbonyl (C=O) groups is 2. The molecule has 2 aromatic rings. The predicted molar refractivity (Wildman–Crippen MR) is 112 cm³/mol. The van der Waals surface area contributed by atoms with E-state index in [1.165, 1.54) is 50.7 Å². The molecule has 0 aliphatic heterocycles. The second-order valence-corrected chi connectivity index (χ2v) is 7.03. The molecule has 2 rings (SSSR count). The van der Waals surface area contributed by atoms with Crippen LogP contribution in [0.1, 0.15) is 91.0 Å². The molecule has 2 N–H and O–H groups in total. The fraction of sp³-hybridized carbons (Fsp3) is 0.417. The number of carboxylic acids is 2. The van der Waals surface area contributed by atoms with Crippen LogP contribution in [0, 0.1) is 11.8 Å². The van der Waals surface area contributed by atoms with E-state index in [4.69, 9.17) is 0 Å². The molecule has 0 saturated carbocycles. The molecule has 28 heavy (non-hydrogen) atoms. The van der Waals surface area contributed by atoms with E-state index in [1.54, 1.807) is 18.2 Å². The van der Waals surface area contributed by atoms with Crippen molar-refractivity contribution >= 4 is 22.7 Å². The van der Waals surface area contributed by atoms with E-state index in [1.807, 2.05) is 0 Å². The van der Waals surface area contributed by atoms with Crippen molar-refractivity contribution in [2.75, 3.05) is 0 Å². The normalized spacial score (nSPS) is 10.5. The molecule has 0 saturated heterocycles. The highest BCUT2D eigenvalue weighted by Gasteiger charge is 2.15. The van der Waals surface area contributed by atoms with Gasteiger partial charge in [0, 0.05) is 12.0 Å². The van der Waals surface area contributed by atoms with E-state index < -0.39 is 11.9 Å². The second-order valence-electron chi connectivity index (χ2n) is 7.03. The number of carboxylic acid groups (broad SMARTS) is 2. The van der Waals surface area contributed by atoms with Gasteiger partial charge in [-0.2, -0.15) is 0 Å². The zero-order valence-electron chi connectivity index (χ0n) is 16.5. The van der Waals surface area contributed by atoms with E-state index in [2.05, 4.69) is 18.8 Å². The summed E-state index contributed by atoms with van der Waals surface area (Å²) < 4.78 is 0. The van der Waals surface area contributed by atoms with Gasteiger partial charge in [-0.25, -0.2) is 9.59 Å². The smallest absolute Gasteiger partial charge is 0.336 e. The van der Waals surface area contributed by atoms with Gasteiger partial charge in [0.05, 0.1) is 11.1 Å². The Kier molecular flexibility index (Phi) is 8.55. The largest absolute Gasteiger partial charge is 0.478 e. The van der Waals surface area contributed by atoms with E-state index >= 15 is 0 Å². The molecule has 4 nitrogen and oxygen atoms in total. The van der Waals surface area contributed by atoms with Crippen LogP contribution in [-0.4, -0.2) is 22.2 Å². The average Bonchev–Trinajstić information content (AvgIpc) is 2.68. The van der Waals surface area contributed by atoms with Crippen molar-refractivity contribution in [2.24, 2.45) is 0 Å². The summed E-state index contributed by atoms with van der Waals surface area (Å²) in [5.41, 5.74) is 0.659. The first kappa shape index (κ1) is 21.5. The molecule has 0 spiro atoms. The molecule has 148 valence electrons. The second kappa shape index (κ2) is 11.1. The molecule has 0 unspecified atom stereocenters. The Morgan fingerprint density at radius 3 is 2.07 bits per heavy atom. The van der Waals surface area contributed by atoms with Gasteiger partial charge in [-0.05, 0) is 29.3 Å². The highest BCUT2D eigenvalue weighted by molar-refractivity contribution is 6.08. The van der Waals surface area contributed by atoms with Crippen LogP contribution in [0.5, 0.6) is 0 Å². The highest BCUT2D eigenvalue weighted by atomic mass is 16.4. The van der Waals surface area contributed by atoms with E-state index in [-0.39, 0.29) is 11.1 Å². The Balaban J connectivity index is 2.08. The average molecular weight is 380 g/mol. The number of rotatable bonds is 10. The molecule has 0 aliphatic rings. The lowest BCUT2D eigenvalue weighted by atomic mass is 9.96. The molecule has 4 heteroatoms. The minimum atomic E-state index is -1.06. The Hall–Kier alpha value is -2.80. The first-order valence-electron chi connectivity index (χ1n) is 10.1. The summed E-state index contributed by atoms with van der Waals surface area (Å²) in [6.45, 7) is 2.22.